The van der Waals surface area contributed by atoms with Gasteiger partial charge in [-0.2, -0.15) is 18.4 Å². The zero-order chi connectivity index (χ0) is 21.0. The van der Waals surface area contributed by atoms with Crippen molar-refractivity contribution in [3.05, 3.63) is 57.5 Å². The predicted molar refractivity (Wildman–Crippen MR) is 101 cm³/mol. The molecule has 1 aliphatic rings. The fourth-order valence-electron chi connectivity index (χ4n) is 2.94. The van der Waals surface area contributed by atoms with E-state index in [1.807, 2.05) is 0 Å². The molecule has 0 saturated carbocycles. The summed E-state index contributed by atoms with van der Waals surface area (Å²) in [5, 5.41) is 12.3. The molecule has 9 heteroatoms. The number of halogens is 3. The van der Waals surface area contributed by atoms with Crippen LogP contribution in [-0.4, -0.2) is 18.5 Å². The summed E-state index contributed by atoms with van der Waals surface area (Å²) in [6.45, 7) is -0.570. The number of fused-ring (bicyclic) bond motifs is 1. The molecule has 0 radical (unpaired) electrons. The van der Waals surface area contributed by atoms with Gasteiger partial charge in [0.15, 0.2) is 6.61 Å². The number of ether oxygens (including phenoxy) is 1. The number of hydrogen-bond acceptors (Lipinski definition) is 5. The molecule has 2 aromatic rings. The van der Waals surface area contributed by atoms with E-state index < -0.39 is 30.2 Å². The Morgan fingerprint density at radius 1 is 1.31 bits per heavy atom. The maximum atomic E-state index is 12.7. The minimum absolute atomic E-state index is 0.174. The fraction of sp³-hybridized carbons (Fsp3) is 0.250. The van der Waals surface area contributed by atoms with Gasteiger partial charge in [-0.25, -0.2) is 4.79 Å². The maximum Gasteiger partial charge on any atom is 0.416 e. The molecule has 0 saturated heterocycles. The van der Waals surface area contributed by atoms with E-state index >= 15 is 0 Å². The summed E-state index contributed by atoms with van der Waals surface area (Å²) in [4.78, 5) is 24.8. The molecule has 5 nitrogen and oxygen atoms in total. The molecule has 1 N–H and O–H groups in total. The Morgan fingerprint density at radius 2 is 2.10 bits per heavy atom. The first-order valence-corrected chi connectivity index (χ1v) is 9.46. The molecule has 1 aromatic heterocycles. The second-order valence-electron chi connectivity index (χ2n) is 6.29. The summed E-state index contributed by atoms with van der Waals surface area (Å²) < 4.78 is 42.9. The molecule has 0 unspecified atom stereocenters. The highest BCUT2D eigenvalue weighted by atomic mass is 32.1. The lowest BCUT2D eigenvalue weighted by molar-refractivity contribution is -0.142. The molecule has 1 aromatic carbocycles. The van der Waals surface area contributed by atoms with Gasteiger partial charge >= 0.3 is 12.1 Å². The van der Waals surface area contributed by atoms with Gasteiger partial charge in [0.05, 0.1) is 11.1 Å². The van der Waals surface area contributed by atoms with Crippen LogP contribution in [0, 0.1) is 11.3 Å². The number of carbonyl (C=O) groups excluding carboxylic acids is 2. The van der Waals surface area contributed by atoms with Gasteiger partial charge in [-0.3, -0.25) is 4.79 Å². The SMILES string of the molecule is N#Cc1c(NC(=O)COC(=O)C=Cc2cccc(C(F)(F)F)c2)sc2c1CCC2. The molecule has 0 atom stereocenters. The smallest absolute Gasteiger partial charge is 0.416 e. The normalized spacial score (nSPS) is 13.2. The summed E-state index contributed by atoms with van der Waals surface area (Å²) in [5.41, 5.74) is 0.761. The van der Waals surface area contributed by atoms with Crippen LogP contribution in [0.2, 0.25) is 0 Å². The average molecular weight is 420 g/mol. The number of nitriles is 1. The maximum absolute atomic E-state index is 12.7. The molecule has 29 heavy (non-hydrogen) atoms. The lowest BCUT2D eigenvalue weighted by atomic mass is 10.1. The van der Waals surface area contributed by atoms with Gasteiger partial charge in [0, 0.05) is 11.0 Å². The number of thiophene rings is 1. The minimum atomic E-state index is -4.48. The third-order valence-electron chi connectivity index (χ3n) is 4.26. The number of alkyl halides is 3. The van der Waals surface area contributed by atoms with E-state index in [1.165, 1.54) is 29.5 Å². The van der Waals surface area contributed by atoms with Gasteiger partial charge in [-0.15, -0.1) is 11.3 Å². The van der Waals surface area contributed by atoms with Crippen molar-refractivity contribution < 1.29 is 27.5 Å². The molecule has 1 aliphatic carbocycles. The molecule has 1 amide bonds. The van der Waals surface area contributed by atoms with E-state index in [9.17, 15) is 28.0 Å². The van der Waals surface area contributed by atoms with E-state index in [0.29, 0.717) is 10.6 Å². The highest BCUT2D eigenvalue weighted by Gasteiger charge is 2.30. The van der Waals surface area contributed by atoms with Gasteiger partial charge in [0.2, 0.25) is 0 Å². The number of anilines is 1. The number of rotatable bonds is 5. The topological polar surface area (TPSA) is 79.2 Å². The van der Waals surface area contributed by atoms with Crippen molar-refractivity contribution in [3.63, 3.8) is 0 Å². The van der Waals surface area contributed by atoms with Crippen LogP contribution in [0.3, 0.4) is 0 Å². The van der Waals surface area contributed by atoms with Crippen LogP contribution >= 0.6 is 11.3 Å². The number of benzene rings is 1. The van der Waals surface area contributed by atoms with Crippen molar-refractivity contribution in [2.24, 2.45) is 0 Å². The van der Waals surface area contributed by atoms with Crippen LogP contribution in [0.25, 0.3) is 6.08 Å². The van der Waals surface area contributed by atoms with Crippen LogP contribution in [-0.2, 0) is 33.3 Å². The Hall–Kier alpha value is -3.12. The number of nitrogens with one attached hydrogen (secondary N) is 1. The summed E-state index contributed by atoms with van der Waals surface area (Å²) in [5.74, 6) is -1.46. The van der Waals surface area contributed by atoms with E-state index in [-0.39, 0.29) is 5.56 Å². The van der Waals surface area contributed by atoms with Crippen LogP contribution < -0.4 is 5.32 Å². The molecule has 0 aliphatic heterocycles. The lowest BCUT2D eigenvalue weighted by Crippen LogP contribution is -2.20. The van der Waals surface area contributed by atoms with Gasteiger partial charge in [0.1, 0.15) is 11.1 Å². The van der Waals surface area contributed by atoms with Gasteiger partial charge in [-0.1, -0.05) is 12.1 Å². The predicted octanol–water partition coefficient (Wildman–Crippen LogP) is 4.32. The second kappa shape index (κ2) is 8.49. The Bertz CT molecular complexity index is 1020. The van der Waals surface area contributed by atoms with Crippen molar-refractivity contribution in [1.82, 2.24) is 0 Å². The molecular weight excluding hydrogens is 405 g/mol. The zero-order valence-electron chi connectivity index (χ0n) is 15.0. The first-order chi connectivity index (χ1) is 13.8. The highest BCUT2D eigenvalue weighted by molar-refractivity contribution is 7.16. The van der Waals surface area contributed by atoms with Crippen molar-refractivity contribution in [2.75, 3.05) is 11.9 Å². The minimum Gasteiger partial charge on any atom is -0.452 e. The molecule has 150 valence electrons. The fourth-order valence-corrected chi connectivity index (χ4v) is 4.20. The Balaban J connectivity index is 1.54. The molecule has 0 bridgehead atoms. The standard InChI is InChI=1S/C20H15F3N2O3S/c21-20(22,23)13-4-1-3-12(9-13)7-8-18(27)28-11-17(26)25-19-15(10-24)14-5-2-6-16(14)29-19/h1,3-4,7-9H,2,5-6,11H2,(H,25,26). The van der Waals surface area contributed by atoms with E-state index in [2.05, 4.69) is 11.4 Å². The number of amides is 1. The van der Waals surface area contributed by atoms with Crippen molar-refractivity contribution in [3.8, 4) is 6.07 Å². The quantitative estimate of drug-likeness (QED) is 0.577. The molecule has 0 fully saturated rings. The molecule has 3 rings (SSSR count). The Labute approximate surface area is 168 Å². The third kappa shape index (κ3) is 5.03. The number of nitrogens with zero attached hydrogens (tertiary/aromatic N) is 1. The van der Waals surface area contributed by atoms with Crippen LogP contribution in [0.1, 0.15) is 33.6 Å². The van der Waals surface area contributed by atoms with Crippen LogP contribution in [0.15, 0.2) is 30.3 Å². The molecule has 1 heterocycles. The highest BCUT2D eigenvalue weighted by Crippen LogP contribution is 2.38. The first kappa shape index (κ1) is 20.6. The van der Waals surface area contributed by atoms with E-state index in [1.54, 1.807) is 0 Å². The average Bonchev–Trinajstić information content (AvgIpc) is 3.25. The van der Waals surface area contributed by atoms with E-state index in [0.717, 1.165) is 47.9 Å². The van der Waals surface area contributed by atoms with Gasteiger partial charge in [-0.05, 0) is 48.6 Å². The lowest BCUT2D eigenvalue weighted by Gasteiger charge is -2.06. The van der Waals surface area contributed by atoms with Crippen LogP contribution in [0.4, 0.5) is 18.2 Å². The number of carbonyl (C=O) groups is 2. The number of hydrogen-bond donors (Lipinski definition) is 1. The third-order valence-corrected chi connectivity index (χ3v) is 5.46. The molecule has 0 spiro atoms. The number of esters is 1. The largest absolute Gasteiger partial charge is 0.452 e. The number of aryl methyl sites for hydroxylation is 1. The summed E-state index contributed by atoms with van der Waals surface area (Å²) in [6, 6.07) is 6.56. The monoisotopic (exact) mass is 420 g/mol. The van der Waals surface area contributed by atoms with Crippen molar-refractivity contribution in [1.29, 1.82) is 5.26 Å². The summed E-state index contributed by atoms with van der Waals surface area (Å²) in [7, 11) is 0. The van der Waals surface area contributed by atoms with Crippen molar-refractivity contribution >= 4 is 34.3 Å². The molecular formula is C20H15F3N2O3S. The summed E-state index contributed by atoms with van der Waals surface area (Å²) >= 11 is 1.35. The van der Waals surface area contributed by atoms with Gasteiger partial charge < -0.3 is 10.1 Å². The van der Waals surface area contributed by atoms with Gasteiger partial charge in [0.25, 0.3) is 5.91 Å². The van der Waals surface area contributed by atoms with E-state index in [4.69, 9.17) is 4.74 Å². The first-order valence-electron chi connectivity index (χ1n) is 8.64. The second-order valence-corrected chi connectivity index (χ2v) is 7.39. The summed E-state index contributed by atoms with van der Waals surface area (Å²) in [6.07, 6.45) is 0.308. The Kier molecular flexibility index (Phi) is 6.03. The van der Waals surface area contributed by atoms with Crippen LogP contribution in [0.5, 0.6) is 0 Å². The zero-order valence-corrected chi connectivity index (χ0v) is 15.8. The Morgan fingerprint density at radius 3 is 2.83 bits per heavy atom. The van der Waals surface area contributed by atoms with Crippen molar-refractivity contribution in [2.45, 2.75) is 25.4 Å².